The number of hydrogen-bond donors (Lipinski definition) is 2. The molecular formula is C14H15N5O. The van der Waals surface area contributed by atoms with E-state index in [9.17, 15) is 4.79 Å². The van der Waals surface area contributed by atoms with Crippen molar-refractivity contribution in [3.8, 4) is 0 Å². The van der Waals surface area contributed by atoms with Crippen LogP contribution < -0.4 is 11.3 Å². The molecule has 0 unspecified atom stereocenters. The molecule has 1 aliphatic carbocycles. The van der Waals surface area contributed by atoms with Crippen LogP contribution in [0.5, 0.6) is 0 Å². The highest BCUT2D eigenvalue weighted by Gasteiger charge is 2.23. The number of pyridine rings is 1. The molecule has 0 bridgehead atoms. The van der Waals surface area contributed by atoms with E-state index in [0.29, 0.717) is 6.04 Å². The average Bonchev–Trinajstić information content (AvgIpc) is 3.02. The molecule has 3 aromatic rings. The third kappa shape index (κ3) is 1.54. The number of nitrogens with two attached hydrogens (primary N) is 1. The number of aromatic nitrogens is 4. The molecule has 0 atom stereocenters. The first-order valence-electron chi connectivity index (χ1n) is 6.89. The predicted molar refractivity (Wildman–Crippen MR) is 77.6 cm³/mol. The highest BCUT2D eigenvalue weighted by atomic mass is 16.1. The minimum atomic E-state index is -0.0968. The van der Waals surface area contributed by atoms with Crippen molar-refractivity contribution in [1.29, 1.82) is 0 Å². The molecular weight excluding hydrogens is 254 g/mol. The van der Waals surface area contributed by atoms with Crippen LogP contribution >= 0.6 is 0 Å². The largest absolute Gasteiger partial charge is 0.368 e. The average molecular weight is 269 g/mol. The van der Waals surface area contributed by atoms with Crippen LogP contribution in [-0.4, -0.2) is 19.5 Å². The molecule has 3 N–H and O–H groups in total. The van der Waals surface area contributed by atoms with Gasteiger partial charge >= 0.3 is 0 Å². The Morgan fingerprint density at radius 2 is 2.05 bits per heavy atom. The smallest absolute Gasteiger partial charge is 0.249 e. The summed E-state index contributed by atoms with van der Waals surface area (Å²) in [5.74, 6) is 0.266. The van der Waals surface area contributed by atoms with Gasteiger partial charge in [-0.15, -0.1) is 0 Å². The first-order chi connectivity index (χ1) is 9.74. The van der Waals surface area contributed by atoms with Gasteiger partial charge < -0.3 is 15.3 Å². The van der Waals surface area contributed by atoms with E-state index in [4.69, 9.17) is 5.73 Å². The molecule has 0 radical (unpaired) electrons. The Morgan fingerprint density at radius 3 is 2.85 bits per heavy atom. The molecule has 0 amide bonds. The Kier molecular flexibility index (Phi) is 2.33. The normalized spacial score (nSPS) is 16.4. The van der Waals surface area contributed by atoms with Crippen molar-refractivity contribution < 1.29 is 0 Å². The molecule has 102 valence electrons. The van der Waals surface area contributed by atoms with Crippen LogP contribution in [0.3, 0.4) is 0 Å². The number of hydrogen-bond acceptors (Lipinski definition) is 4. The molecule has 6 nitrogen and oxygen atoms in total. The van der Waals surface area contributed by atoms with Gasteiger partial charge in [0, 0.05) is 29.1 Å². The van der Waals surface area contributed by atoms with Crippen LogP contribution in [0.2, 0.25) is 0 Å². The molecule has 1 fully saturated rings. The van der Waals surface area contributed by atoms with Crippen molar-refractivity contribution in [1.82, 2.24) is 19.5 Å². The standard InChI is InChI=1S/C14H15N5O/c15-14-16-7-10-9-5-6-11(20)17-12(9)19(13(10)18-14)8-3-1-2-4-8/h5-8H,1-4H2,(H,17,20)(H2,15,16,18). The number of anilines is 1. The zero-order valence-corrected chi connectivity index (χ0v) is 11.0. The van der Waals surface area contributed by atoms with Gasteiger partial charge in [0.1, 0.15) is 11.3 Å². The van der Waals surface area contributed by atoms with Crippen LogP contribution in [0.25, 0.3) is 22.1 Å². The van der Waals surface area contributed by atoms with Crippen molar-refractivity contribution in [2.45, 2.75) is 31.7 Å². The first-order valence-corrected chi connectivity index (χ1v) is 6.89. The lowest BCUT2D eigenvalue weighted by molar-refractivity contribution is 0.543. The van der Waals surface area contributed by atoms with E-state index in [-0.39, 0.29) is 11.5 Å². The predicted octanol–water partition coefficient (Wildman–Crippen LogP) is 1.97. The van der Waals surface area contributed by atoms with Crippen LogP contribution in [0.1, 0.15) is 31.7 Å². The number of H-pyrrole nitrogens is 1. The van der Waals surface area contributed by atoms with Crippen LogP contribution in [-0.2, 0) is 0 Å². The minimum Gasteiger partial charge on any atom is -0.368 e. The van der Waals surface area contributed by atoms with Crippen molar-refractivity contribution >= 4 is 28.0 Å². The topological polar surface area (TPSA) is 89.6 Å². The summed E-state index contributed by atoms with van der Waals surface area (Å²) in [6, 6.07) is 3.75. The van der Waals surface area contributed by atoms with E-state index < -0.39 is 0 Å². The maximum atomic E-state index is 11.7. The Balaban J connectivity index is 2.16. The van der Waals surface area contributed by atoms with E-state index in [1.165, 1.54) is 18.9 Å². The fraction of sp³-hybridized carbons (Fsp3) is 0.357. The van der Waals surface area contributed by atoms with Gasteiger partial charge in [0.15, 0.2) is 0 Å². The molecule has 20 heavy (non-hydrogen) atoms. The van der Waals surface area contributed by atoms with Crippen molar-refractivity contribution in [2.24, 2.45) is 0 Å². The lowest BCUT2D eigenvalue weighted by atomic mass is 10.2. The van der Waals surface area contributed by atoms with Gasteiger partial charge in [-0.1, -0.05) is 12.8 Å². The lowest BCUT2D eigenvalue weighted by Gasteiger charge is -2.13. The number of aromatic amines is 1. The van der Waals surface area contributed by atoms with Gasteiger partial charge in [-0.3, -0.25) is 4.79 Å². The zero-order chi connectivity index (χ0) is 13.7. The second-order valence-electron chi connectivity index (χ2n) is 5.36. The molecule has 0 saturated heterocycles. The van der Waals surface area contributed by atoms with Gasteiger partial charge in [-0.2, -0.15) is 4.98 Å². The summed E-state index contributed by atoms with van der Waals surface area (Å²) in [6.45, 7) is 0. The fourth-order valence-electron chi connectivity index (χ4n) is 3.25. The molecule has 0 aromatic carbocycles. The van der Waals surface area contributed by atoms with Crippen LogP contribution in [0, 0.1) is 0 Å². The second-order valence-corrected chi connectivity index (χ2v) is 5.36. The lowest BCUT2D eigenvalue weighted by Crippen LogP contribution is -2.10. The van der Waals surface area contributed by atoms with E-state index in [2.05, 4.69) is 19.5 Å². The first kappa shape index (κ1) is 11.5. The number of nitrogens with zero attached hydrogens (tertiary/aromatic N) is 3. The summed E-state index contributed by atoms with van der Waals surface area (Å²) in [7, 11) is 0. The number of rotatable bonds is 1. The molecule has 1 saturated carbocycles. The van der Waals surface area contributed by atoms with Crippen LogP contribution in [0.4, 0.5) is 5.95 Å². The Hall–Kier alpha value is -2.37. The van der Waals surface area contributed by atoms with Crippen molar-refractivity contribution in [3.63, 3.8) is 0 Å². The van der Waals surface area contributed by atoms with Gasteiger partial charge in [0.05, 0.1) is 0 Å². The summed E-state index contributed by atoms with van der Waals surface area (Å²) in [5, 5.41) is 1.92. The van der Waals surface area contributed by atoms with Gasteiger partial charge in [-0.05, 0) is 18.9 Å². The second kappa shape index (κ2) is 4.06. The molecule has 0 spiro atoms. The Bertz CT molecular complexity index is 857. The maximum absolute atomic E-state index is 11.7. The minimum absolute atomic E-state index is 0.0968. The van der Waals surface area contributed by atoms with E-state index in [0.717, 1.165) is 34.9 Å². The highest BCUT2D eigenvalue weighted by Crippen LogP contribution is 2.36. The van der Waals surface area contributed by atoms with E-state index in [1.807, 2.05) is 6.07 Å². The third-order valence-electron chi connectivity index (χ3n) is 4.13. The molecule has 1 aliphatic rings. The van der Waals surface area contributed by atoms with Crippen LogP contribution in [0.15, 0.2) is 23.1 Å². The maximum Gasteiger partial charge on any atom is 0.249 e. The monoisotopic (exact) mass is 269 g/mol. The summed E-state index contributed by atoms with van der Waals surface area (Å²) < 4.78 is 2.14. The number of nitrogen functional groups attached to an aromatic ring is 1. The third-order valence-corrected chi connectivity index (χ3v) is 4.13. The molecule has 3 aromatic heterocycles. The SMILES string of the molecule is Nc1ncc2c3ccc(=O)[nH]c3n(C3CCCC3)c2n1. The van der Waals surface area contributed by atoms with Crippen molar-refractivity contribution in [3.05, 3.63) is 28.7 Å². The summed E-state index contributed by atoms with van der Waals surface area (Å²) in [6.07, 6.45) is 6.39. The summed E-state index contributed by atoms with van der Waals surface area (Å²) in [5.41, 5.74) is 7.29. The Labute approximate surface area is 114 Å². The molecule has 3 heterocycles. The van der Waals surface area contributed by atoms with Gasteiger partial charge in [-0.25, -0.2) is 4.98 Å². The highest BCUT2D eigenvalue weighted by molar-refractivity contribution is 6.05. The number of nitrogens with one attached hydrogen (secondary N) is 1. The Morgan fingerprint density at radius 1 is 1.25 bits per heavy atom. The van der Waals surface area contributed by atoms with E-state index in [1.54, 1.807) is 6.20 Å². The summed E-state index contributed by atoms with van der Waals surface area (Å²) in [4.78, 5) is 23.1. The molecule has 6 heteroatoms. The summed E-state index contributed by atoms with van der Waals surface area (Å²) >= 11 is 0. The van der Waals surface area contributed by atoms with Gasteiger partial charge in [0.2, 0.25) is 11.5 Å². The molecule has 0 aliphatic heterocycles. The molecule has 4 rings (SSSR count). The number of fused-ring (bicyclic) bond motifs is 3. The fourth-order valence-corrected chi connectivity index (χ4v) is 3.25. The van der Waals surface area contributed by atoms with E-state index >= 15 is 0 Å². The zero-order valence-electron chi connectivity index (χ0n) is 11.0. The van der Waals surface area contributed by atoms with Gasteiger partial charge in [0.25, 0.3) is 0 Å². The van der Waals surface area contributed by atoms with Crippen molar-refractivity contribution in [2.75, 3.05) is 5.73 Å². The quantitative estimate of drug-likeness (QED) is 0.706.